The summed E-state index contributed by atoms with van der Waals surface area (Å²) in [6, 6.07) is 4.89. The molecule has 1 aliphatic rings. The van der Waals surface area contributed by atoms with E-state index in [4.69, 9.17) is 10.00 Å². The highest BCUT2D eigenvalue weighted by molar-refractivity contribution is 5.87. The van der Waals surface area contributed by atoms with Crippen LogP contribution in [0, 0.1) is 11.3 Å². The minimum atomic E-state index is -0.0191. The van der Waals surface area contributed by atoms with Crippen molar-refractivity contribution in [3.63, 3.8) is 0 Å². The molecule has 0 saturated carbocycles. The number of hydrogen-bond donors (Lipinski definition) is 2. The molecule has 0 amide bonds. The number of allylic oxidation sites excluding steroid dienone is 2. The van der Waals surface area contributed by atoms with Crippen molar-refractivity contribution in [3.8, 4) is 17.6 Å². The predicted octanol–water partition coefficient (Wildman–Crippen LogP) is 2.29. The molecular formula is C14H12N2O2. The molecule has 0 aliphatic carbocycles. The number of fused-ring (bicyclic) bond motifs is 1. The highest BCUT2D eigenvalue weighted by atomic mass is 16.5. The highest BCUT2D eigenvalue weighted by Crippen LogP contribution is 2.40. The van der Waals surface area contributed by atoms with Gasteiger partial charge in [0.25, 0.3) is 0 Å². The SMILES string of the molecule is C=C1C=C(C(=C)NC)c2c(C#N)cc(O)cc2O1. The number of phenols is 1. The Labute approximate surface area is 105 Å². The number of nitriles is 1. The summed E-state index contributed by atoms with van der Waals surface area (Å²) in [4.78, 5) is 0. The molecule has 0 fully saturated rings. The minimum Gasteiger partial charge on any atom is -0.508 e. The molecule has 0 saturated heterocycles. The van der Waals surface area contributed by atoms with Gasteiger partial charge < -0.3 is 15.2 Å². The van der Waals surface area contributed by atoms with Gasteiger partial charge in [-0.3, -0.25) is 0 Å². The quantitative estimate of drug-likeness (QED) is 0.832. The lowest BCUT2D eigenvalue weighted by Gasteiger charge is -2.22. The number of likely N-dealkylation sites (N-methyl/N-ethyl adjacent to an activating group) is 1. The zero-order valence-corrected chi connectivity index (χ0v) is 9.95. The van der Waals surface area contributed by atoms with Crippen molar-refractivity contribution in [1.29, 1.82) is 5.26 Å². The zero-order chi connectivity index (χ0) is 13.3. The first-order valence-corrected chi connectivity index (χ1v) is 5.29. The monoisotopic (exact) mass is 240 g/mol. The fourth-order valence-corrected chi connectivity index (χ4v) is 1.82. The summed E-state index contributed by atoms with van der Waals surface area (Å²) in [5.74, 6) is 0.822. The van der Waals surface area contributed by atoms with E-state index in [1.807, 2.05) is 6.07 Å². The number of nitrogens with one attached hydrogen (secondary N) is 1. The molecule has 0 bridgehead atoms. The van der Waals surface area contributed by atoms with E-state index >= 15 is 0 Å². The summed E-state index contributed by atoms with van der Waals surface area (Å²) in [7, 11) is 1.74. The molecule has 1 heterocycles. The molecule has 1 aliphatic heterocycles. The maximum atomic E-state index is 9.55. The van der Waals surface area contributed by atoms with Crippen LogP contribution in [0.25, 0.3) is 5.57 Å². The Balaban J connectivity index is 2.72. The molecule has 0 radical (unpaired) electrons. The van der Waals surface area contributed by atoms with Crippen LogP contribution < -0.4 is 10.1 Å². The standard InChI is InChI=1S/C14H12N2O2/c1-8-4-12(9(2)16-3)14-10(7-15)5-11(17)6-13(14)18-8/h4-6,16-17H,1-2H2,3H3. The first-order valence-electron chi connectivity index (χ1n) is 5.29. The predicted molar refractivity (Wildman–Crippen MR) is 68.8 cm³/mol. The third kappa shape index (κ3) is 1.82. The average Bonchev–Trinajstić information content (AvgIpc) is 2.35. The van der Waals surface area contributed by atoms with Gasteiger partial charge in [-0.2, -0.15) is 5.26 Å². The second-order valence-electron chi connectivity index (χ2n) is 3.83. The molecule has 0 aromatic heterocycles. The summed E-state index contributed by atoms with van der Waals surface area (Å²) >= 11 is 0. The third-order valence-electron chi connectivity index (χ3n) is 2.65. The molecule has 2 rings (SSSR count). The number of benzene rings is 1. The van der Waals surface area contributed by atoms with Crippen LogP contribution in [0.2, 0.25) is 0 Å². The van der Waals surface area contributed by atoms with Gasteiger partial charge in [0, 0.05) is 29.9 Å². The summed E-state index contributed by atoms with van der Waals surface area (Å²) in [5, 5.41) is 21.6. The van der Waals surface area contributed by atoms with Crippen molar-refractivity contribution in [2.75, 3.05) is 7.05 Å². The van der Waals surface area contributed by atoms with Crippen LogP contribution in [0.5, 0.6) is 11.5 Å². The molecule has 4 nitrogen and oxygen atoms in total. The first kappa shape index (κ1) is 11.8. The van der Waals surface area contributed by atoms with Gasteiger partial charge in [-0.1, -0.05) is 13.2 Å². The molecule has 90 valence electrons. The molecule has 18 heavy (non-hydrogen) atoms. The summed E-state index contributed by atoms with van der Waals surface area (Å²) in [6.07, 6.45) is 1.71. The van der Waals surface area contributed by atoms with Gasteiger partial charge >= 0.3 is 0 Å². The van der Waals surface area contributed by atoms with Gasteiger partial charge in [-0.25, -0.2) is 0 Å². The topological polar surface area (TPSA) is 65.3 Å². The molecule has 0 atom stereocenters. The molecule has 0 spiro atoms. The maximum absolute atomic E-state index is 9.55. The molecule has 2 N–H and O–H groups in total. The molecule has 1 aromatic carbocycles. The fraction of sp³-hybridized carbons (Fsp3) is 0.0714. The van der Waals surface area contributed by atoms with Crippen LogP contribution in [-0.4, -0.2) is 12.2 Å². The number of aromatic hydroxyl groups is 1. The number of phenolic OH excluding ortho intramolecular Hbond substituents is 1. The van der Waals surface area contributed by atoms with E-state index < -0.39 is 0 Å². The summed E-state index contributed by atoms with van der Waals surface area (Å²) in [6.45, 7) is 7.61. The van der Waals surface area contributed by atoms with Crippen molar-refractivity contribution in [3.05, 3.63) is 53.9 Å². The highest BCUT2D eigenvalue weighted by Gasteiger charge is 2.22. The van der Waals surface area contributed by atoms with Crippen LogP contribution in [-0.2, 0) is 0 Å². The van der Waals surface area contributed by atoms with Gasteiger partial charge in [0.15, 0.2) is 0 Å². The van der Waals surface area contributed by atoms with Crippen molar-refractivity contribution < 1.29 is 9.84 Å². The molecule has 4 heteroatoms. The fourth-order valence-electron chi connectivity index (χ4n) is 1.82. The van der Waals surface area contributed by atoms with E-state index in [9.17, 15) is 5.11 Å². The van der Waals surface area contributed by atoms with Crippen LogP contribution in [0.4, 0.5) is 0 Å². The molecule has 0 unspecified atom stereocenters. The largest absolute Gasteiger partial charge is 0.508 e. The van der Waals surface area contributed by atoms with Crippen LogP contribution in [0.3, 0.4) is 0 Å². The minimum absolute atomic E-state index is 0.0191. The van der Waals surface area contributed by atoms with Crippen molar-refractivity contribution in [2.45, 2.75) is 0 Å². The van der Waals surface area contributed by atoms with Crippen LogP contribution >= 0.6 is 0 Å². The van der Waals surface area contributed by atoms with E-state index in [2.05, 4.69) is 18.5 Å². The number of ether oxygens (including phenoxy) is 1. The van der Waals surface area contributed by atoms with E-state index in [0.29, 0.717) is 28.3 Å². The second kappa shape index (κ2) is 4.30. The van der Waals surface area contributed by atoms with Gasteiger partial charge in [-0.15, -0.1) is 0 Å². The van der Waals surface area contributed by atoms with Gasteiger partial charge in [0.2, 0.25) is 0 Å². The zero-order valence-electron chi connectivity index (χ0n) is 9.95. The Bertz CT molecular complexity index is 621. The normalized spacial score (nSPS) is 12.9. The second-order valence-corrected chi connectivity index (χ2v) is 3.83. The maximum Gasteiger partial charge on any atom is 0.140 e. The Morgan fingerprint density at radius 1 is 1.50 bits per heavy atom. The molecular weight excluding hydrogens is 228 g/mol. The Morgan fingerprint density at radius 3 is 2.83 bits per heavy atom. The van der Waals surface area contributed by atoms with Gasteiger partial charge in [0.1, 0.15) is 23.3 Å². The van der Waals surface area contributed by atoms with E-state index in [-0.39, 0.29) is 5.75 Å². The van der Waals surface area contributed by atoms with Crippen molar-refractivity contribution in [1.82, 2.24) is 5.32 Å². The lowest BCUT2D eigenvalue weighted by Crippen LogP contribution is -2.12. The summed E-state index contributed by atoms with van der Waals surface area (Å²) < 4.78 is 5.43. The van der Waals surface area contributed by atoms with Gasteiger partial charge in [-0.05, 0) is 12.1 Å². The number of hydrogen-bond acceptors (Lipinski definition) is 4. The Kier molecular flexibility index (Phi) is 2.82. The Hall–Kier alpha value is -2.67. The van der Waals surface area contributed by atoms with Crippen molar-refractivity contribution >= 4 is 5.57 Å². The smallest absolute Gasteiger partial charge is 0.140 e. The van der Waals surface area contributed by atoms with Crippen LogP contribution in [0.1, 0.15) is 11.1 Å². The lowest BCUT2D eigenvalue weighted by atomic mass is 9.94. The van der Waals surface area contributed by atoms with E-state index in [0.717, 1.165) is 5.57 Å². The van der Waals surface area contributed by atoms with E-state index in [1.54, 1.807) is 13.1 Å². The summed E-state index contributed by atoms with van der Waals surface area (Å²) in [5.41, 5.74) is 2.34. The lowest BCUT2D eigenvalue weighted by molar-refractivity contribution is 0.429. The Morgan fingerprint density at radius 2 is 2.22 bits per heavy atom. The van der Waals surface area contributed by atoms with Crippen LogP contribution in [0.15, 0.2) is 42.8 Å². The number of rotatable bonds is 2. The van der Waals surface area contributed by atoms with Gasteiger partial charge in [0.05, 0.1) is 5.56 Å². The van der Waals surface area contributed by atoms with Crippen molar-refractivity contribution in [2.24, 2.45) is 0 Å². The average molecular weight is 240 g/mol. The number of nitrogens with zero attached hydrogens (tertiary/aromatic N) is 1. The third-order valence-corrected chi connectivity index (χ3v) is 2.65. The van der Waals surface area contributed by atoms with E-state index in [1.165, 1.54) is 12.1 Å². The first-order chi connectivity index (χ1) is 8.56. The molecule has 1 aromatic rings.